The lowest BCUT2D eigenvalue weighted by molar-refractivity contribution is -0.123. The number of nitrogens with one attached hydrogen (secondary N) is 3. The van der Waals surface area contributed by atoms with Gasteiger partial charge in [0.05, 0.1) is 10.5 Å². The van der Waals surface area contributed by atoms with Gasteiger partial charge in [-0.2, -0.15) is 0 Å². The van der Waals surface area contributed by atoms with E-state index in [0.29, 0.717) is 6.54 Å². The summed E-state index contributed by atoms with van der Waals surface area (Å²) in [5, 5.41) is 4.32. The number of sulfonamides is 1. The van der Waals surface area contributed by atoms with E-state index in [1.165, 1.54) is 18.2 Å². The van der Waals surface area contributed by atoms with E-state index in [1.54, 1.807) is 20.8 Å². The number of amides is 3. The van der Waals surface area contributed by atoms with E-state index in [2.05, 4.69) is 10.0 Å². The van der Waals surface area contributed by atoms with Crippen LogP contribution in [0.4, 0.5) is 4.79 Å². The molecule has 0 radical (unpaired) electrons. The minimum atomic E-state index is -3.76. The zero-order valence-corrected chi connectivity index (χ0v) is 15.0. The van der Waals surface area contributed by atoms with Crippen LogP contribution in [0, 0.1) is 0 Å². The molecule has 0 aliphatic heterocycles. The Kier molecular flexibility index (Phi) is 7.52. The van der Waals surface area contributed by atoms with Crippen LogP contribution in [0.3, 0.4) is 0 Å². The van der Waals surface area contributed by atoms with E-state index in [4.69, 9.17) is 4.74 Å². The number of ether oxygens (including phenoxy) is 1. The summed E-state index contributed by atoms with van der Waals surface area (Å²) in [5.74, 6) is -1.68. The number of benzene rings is 1. The van der Waals surface area contributed by atoms with Crippen LogP contribution in [0.5, 0.6) is 0 Å². The highest BCUT2D eigenvalue weighted by atomic mass is 32.2. The van der Waals surface area contributed by atoms with E-state index in [9.17, 15) is 22.8 Å². The molecule has 3 amide bonds. The molecule has 1 aromatic rings. The molecular formula is C15H21N3O6S. The van der Waals surface area contributed by atoms with Gasteiger partial charge in [0.1, 0.15) is 0 Å². The van der Waals surface area contributed by atoms with Crippen molar-refractivity contribution in [1.82, 2.24) is 15.4 Å². The molecular weight excluding hydrogens is 350 g/mol. The molecule has 0 aliphatic rings. The lowest BCUT2D eigenvalue weighted by Crippen LogP contribution is -2.41. The van der Waals surface area contributed by atoms with Gasteiger partial charge in [0.2, 0.25) is 10.0 Å². The zero-order chi connectivity index (χ0) is 19.0. The Morgan fingerprint density at radius 3 is 2.48 bits per heavy atom. The fourth-order valence-corrected chi connectivity index (χ4v) is 3.05. The second-order valence-corrected chi connectivity index (χ2v) is 7.00. The van der Waals surface area contributed by atoms with Gasteiger partial charge in [-0.15, -0.1) is 0 Å². The second kappa shape index (κ2) is 9.14. The van der Waals surface area contributed by atoms with E-state index in [1.807, 2.05) is 5.32 Å². The number of hydrogen-bond acceptors (Lipinski definition) is 6. The Morgan fingerprint density at radius 2 is 1.88 bits per heavy atom. The molecule has 0 saturated heterocycles. The van der Waals surface area contributed by atoms with Crippen molar-refractivity contribution in [2.24, 2.45) is 0 Å². The first kappa shape index (κ1) is 20.6. The van der Waals surface area contributed by atoms with Crippen molar-refractivity contribution in [3.63, 3.8) is 0 Å². The van der Waals surface area contributed by atoms with Gasteiger partial charge < -0.3 is 10.1 Å². The molecule has 0 fully saturated rings. The predicted octanol–water partition coefficient (Wildman–Crippen LogP) is 0.376. The Hall–Kier alpha value is -2.46. The van der Waals surface area contributed by atoms with Crippen molar-refractivity contribution >= 4 is 27.9 Å². The van der Waals surface area contributed by atoms with Gasteiger partial charge in [-0.3, -0.25) is 10.1 Å². The third kappa shape index (κ3) is 6.89. The van der Waals surface area contributed by atoms with Gasteiger partial charge in [0.25, 0.3) is 5.91 Å². The number of hydrogen-bond donors (Lipinski definition) is 3. The van der Waals surface area contributed by atoms with Crippen LogP contribution in [0.25, 0.3) is 0 Å². The number of carbonyl (C=O) groups excluding carboxylic acids is 3. The molecule has 10 heteroatoms. The molecule has 0 bridgehead atoms. The fraction of sp³-hybridized carbons (Fsp3) is 0.400. The molecule has 9 nitrogen and oxygen atoms in total. The summed E-state index contributed by atoms with van der Waals surface area (Å²) in [4.78, 5) is 34.5. The molecule has 0 heterocycles. The highest BCUT2D eigenvalue weighted by molar-refractivity contribution is 7.89. The molecule has 0 atom stereocenters. The molecule has 3 N–H and O–H groups in total. The van der Waals surface area contributed by atoms with Crippen LogP contribution in [0.1, 0.15) is 31.1 Å². The van der Waals surface area contributed by atoms with Crippen LogP contribution in [0.2, 0.25) is 0 Å². The SMILES string of the molecule is CCNC(=O)NC(=O)COC(=O)c1cccc(S(=O)(=O)NC(C)C)c1. The van der Waals surface area contributed by atoms with E-state index >= 15 is 0 Å². The quantitative estimate of drug-likeness (QED) is 0.594. The predicted molar refractivity (Wildman–Crippen MR) is 89.4 cm³/mol. The molecule has 138 valence electrons. The molecule has 0 unspecified atom stereocenters. The van der Waals surface area contributed by atoms with E-state index in [-0.39, 0.29) is 16.5 Å². The van der Waals surface area contributed by atoms with Gasteiger partial charge in [0.15, 0.2) is 6.61 Å². The number of esters is 1. The van der Waals surface area contributed by atoms with Crippen molar-refractivity contribution in [3.05, 3.63) is 29.8 Å². The van der Waals surface area contributed by atoms with E-state index in [0.717, 1.165) is 6.07 Å². The first-order chi connectivity index (χ1) is 11.7. The van der Waals surface area contributed by atoms with Gasteiger partial charge in [0, 0.05) is 12.6 Å². The number of urea groups is 1. The van der Waals surface area contributed by atoms with Gasteiger partial charge >= 0.3 is 12.0 Å². The van der Waals surface area contributed by atoms with Crippen LogP contribution in [-0.2, 0) is 19.6 Å². The van der Waals surface area contributed by atoms with Crippen molar-refractivity contribution in [2.45, 2.75) is 31.7 Å². The second-order valence-electron chi connectivity index (χ2n) is 5.29. The summed E-state index contributed by atoms with van der Waals surface area (Å²) in [6.07, 6.45) is 0. The Labute approximate surface area is 146 Å². The molecule has 0 aliphatic carbocycles. The molecule has 0 spiro atoms. The first-order valence-corrected chi connectivity index (χ1v) is 9.01. The van der Waals surface area contributed by atoms with Crippen molar-refractivity contribution in [1.29, 1.82) is 0 Å². The topological polar surface area (TPSA) is 131 Å². The largest absolute Gasteiger partial charge is 0.452 e. The van der Waals surface area contributed by atoms with E-state index < -0.39 is 34.5 Å². The Morgan fingerprint density at radius 1 is 1.20 bits per heavy atom. The number of rotatable bonds is 7. The Bertz CT molecular complexity index is 745. The van der Waals surface area contributed by atoms with Crippen LogP contribution < -0.4 is 15.4 Å². The molecule has 1 rings (SSSR count). The molecule has 1 aromatic carbocycles. The smallest absolute Gasteiger partial charge is 0.338 e. The molecule has 0 aromatic heterocycles. The highest BCUT2D eigenvalue weighted by Crippen LogP contribution is 2.13. The number of carbonyl (C=O) groups is 3. The van der Waals surface area contributed by atoms with Crippen molar-refractivity contribution in [3.8, 4) is 0 Å². The normalized spacial score (nSPS) is 11.0. The summed E-state index contributed by atoms with van der Waals surface area (Å²) in [6.45, 7) is 4.69. The van der Waals surface area contributed by atoms with Crippen molar-refractivity contribution < 1.29 is 27.5 Å². The minimum Gasteiger partial charge on any atom is -0.452 e. The summed E-state index contributed by atoms with van der Waals surface area (Å²) < 4.78 is 31.4. The molecule has 25 heavy (non-hydrogen) atoms. The summed E-state index contributed by atoms with van der Waals surface area (Å²) in [7, 11) is -3.76. The van der Waals surface area contributed by atoms with Gasteiger partial charge in [-0.05, 0) is 39.0 Å². The third-order valence-electron chi connectivity index (χ3n) is 2.70. The summed E-state index contributed by atoms with van der Waals surface area (Å²) >= 11 is 0. The monoisotopic (exact) mass is 371 g/mol. The highest BCUT2D eigenvalue weighted by Gasteiger charge is 2.18. The third-order valence-corrected chi connectivity index (χ3v) is 4.35. The average molecular weight is 371 g/mol. The maximum absolute atomic E-state index is 12.1. The van der Waals surface area contributed by atoms with Gasteiger partial charge in [-0.25, -0.2) is 22.7 Å². The standard InChI is InChI=1S/C15H21N3O6S/c1-4-16-15(21)17-13(19)9-24-14(20)11-6-5-7-12(8-11)25(22,23)18-10(2)3/h5-8,10,18H,4,9H2,1-3H3,(H2,16,17,19,21). The maximum Gasteiger partial charge on any atom is 0.338 e. The van der Waals surface area contributed by atoms with Crippen LogP contribution in [-0.4, -0.2) is 45.5 Å². The number of imide groups is 1. The van der Waals surface area contributed by atoms with Crippen molar-refractivity contribution in [2.75, 3.05) is 13.2 Å². The Balaban J connectivity index is 2.72. The zero-order valence-electron chi connectivity index (χ0n) is 14.2. The summed E-state index contributed by atoms with van der Waals surface area (Å²) in [5.41, 5.74) is -0.0301. The molecule has 0 saturated carbocycles. The fourth-order valence-electron chi connectivity index (χ4n) is 1.75. The van der Waals surface area contributed by atoms with Crippen LogP contribution in [0.15, 0.2) is 29.2 Å². The lowest BCUT2D eigenvalue weighted by Gasteiger charge is -2.10. The maximum atomic E-state index is 12.1. The first-order valence-electron chi connectivity index (χ1n) is 7.53. The summed E-state index contributed by atoms with van der Waals surface area (Å²) in [6, 6.07) is 4.23. The van der Waals surface area contributed by atoms with Gasteiger partial charge in [-0.1, -0.05) is 6.07 Å². The lowest BCUT2D eigenvalue weighted by atomic mass is 10.2. The average Bonchev–Trinajstić information content (AvgIpc) is 2.51. The minimum absolute atomic E-state index is 0.0301. The van der Waals surface area contributed by atoms with Crippen LogP contribution >= 0.6 is 0 Å².